The summed E-state index contributed by atoms with van der Waals surface area (Å²) in [6.07, 6.45) is 1.13. The van der Waals surface area contributed by atoms with Crippen LogP contribution >= 0.6 is 0 Å². The second-order valence-corrected chi connectivity index (χ2v) is 4.27. The summed E-state index contributed by atoms with van der Waals surface area (Å²) in [5.74, 6) is 0. The zero-order valence-corrected chi connectivity index (χ0v) is 9.17. The molecule has 1 rings (SSSR count). The molecule has 0 aromatic heterocycles. The Hall–Kier alpha value is -0.860. The van der Waals surface area contributed by atoms with Crippen molar-refractivity contribution < 1.29 is 5.21 Å². The Balaban J connectivity index is 2.82. The van der Waals surface area contributed by atoms with E-state index in [1.54, 1.807) is 0 Å². The second kappa shape index (κ2) is 4.58. The molecular weight excluding hydrogens is 174 g/mol. The van der Waals surface area contributed by atoms with Gasteiger partial charge in [-0.2, -0.15) is 0 Å². The fourth-order valence-corrected chi connectivity index (χ4v) is 1.37. The van der Waals surface area contributed by atoms with Crippen LogP contribution in [0.4, 0.5) is 0 Å². The topological polar surface area (TPSA) is 32.3 Å². The monoisotopic (exact) mass is 193 g/mol. The van der Waals surface area contributed by atoms with E-state index in [9.17, 15) is 0 Å². The molecule has 0 fully saturated rings. The van der Waals surface area contributed by atoms with Gasteiger partial charge in [0.15, 0.2) is 0 Å². The van der Waals surface area contributed by atoms with Crippen LogP contribution in [-0.2, 0) is 12.0 Å². The average molecular weight is 193 g/mol. The van der Waals surface area contributed by atoms with Gasteiger partial charge in [-0.25, -0.2) is 5.48 Å². The van der Waals surface area contributed by atoms with Gasteiger partial charge in [0, 0.05) is 6.54 Å². The van der Waals surface area contributed by atoms with Crippen molar-refractivity contribution >= 4 is 0 Å². The van der Waals surface area contributed by atoms with Crippen LogP contribution in [0.1, 0.15) is 38.3 Å². The lowest BCUT2D eigenvalue weighted by Gasteiger charge is -2.23. The zero-order valence-electron chi connectivity index (χ0n) is 9.17. The Morgan fingerprint density at radius 1 is 1.21 bits per heavy atom. The van der Waals surface area contributed by atoms with E-state index < -0.39 is 0 Å². The largest absolute Gasteiger partial charge is 0.316 e. The Kier molecular flexibility index (Phi) is 3.67. The lowest BCUT2D eigenvalue weighted by Crippen LogP contribution is -2.15. The molecule has 78 valence electrons. The number of hydrogen-bond donors (Lipinski definition) is 2. The molecule has 2 nitrogen and oxygen atoms in total. The van der Waals surface area contributed by atoms with Crippen molar-refractivity contribution in [3.63, 3.8) is 0 Å². The first-order chi connectivity index (χ1) is 6.60. The van der Waals surface area contributed by atoms with Crippen molar-refractivity contribution in [2.24, 2.45) is 0 Å². The van der Waals surface area contributed by atoms with Gasteiger partial charge in [-0.3, -0.25) is 0 Å². The van der Waals surface area contributed by atoms with Crippen molar-refractivity contribution in [2.75, 3.05) is 0 Å². The summed E-state index contributed by atoms with van der Waals surface area (Å²) < 4.78 is 0. The third kappa shape index (κ3) is 2.56. The summed E-state index contributed by atoms with van der Waals surface area (Å²) in [4.78, 5) is 0. The number of rotatable bonds is 4. The Morgan fingerprint density at radius 2 is 1.79 bits per heavy atom. The lowest BCUT2D eigenvalue weighted by atomic mass is 9.82. The van der Waals surface area contributed by atoms with Gasteiger partial charge in [0.05, 0.1) is 0 Å². The van der Waals surface area contributed by atoms with E-state index in [0.717, 1.165) is 12.0 Å². The molecule has 0 radical (unpaired) electrons. The molecule has 0 aliphatic rings. The molecule has 1 aromatic rings. The van der Waals surface area contributed by atoms with Crippen LogP contribution in [0, 0.1) is 0 Å². The highest BCUT2D eigenvalue weighted by Crippen LogP contribution is 2.26. The van der Waals surface area contributed by atoms with Crippen LogP contribution in [0.2, 0.25) is 0 Å². The number of hydrogen-bond acceptors (Lipinski definition) is 2. The zero-order chi connectivity index (χ0) is 10.6. The molecule has 0 spiro atoms. The Labute approximate surface area is 85.9 Å². The first-order valence-corrected chi connectivity index (χ1v) is 5.06. The molecule has 1 aromatic carbocycles. The van der Waals surface area contributed by atoms with Crippen LogP contribution in [0.15, 0.2) is 24.3 Å². The van der Waals surface area contributed by atoms with E-state index in [4.69, 9.17) is 5.21 Å². The molecule has 0 saturated carbocycles. The van der Waals surface area contributed by atoms with Crippen LogP contribution in [-0.4, -0.2) is 5.21 Å². The molecule has 0 unspecified atom stereocenters. The third-order valence-corrected chi connectivity index (χ3v) is 2.90. The highest BCUT2D eigenvalue weighted by Gasteiger charge is 2.17. The fourth-order valence-electron chi connectivity index (χ4n) is 1.37. The van der Waals surface area contributed by atoms with Crippen molar-refractivity contribution in [3.05, 3.63) is 35.4 Å². The lowest BCUT2D eigenvalue weighted by molar-refractivity contribution is 0.161. The van der Waals surface area contributed by atoms with Gasteiger partial charge in [0.1, 0.15) is 0 Å². The van der Waals surface area contributed by atoms with E-state index in [0.29, 0.717) is 6.54 Å². The van der Waals surface area contributed by atoms with Gasteiger partial charge in [0.25, 0.3) is 0 Å². The van der Waals surface area contributed by atoms with E-state index in [2.05, 4.69) is 50.5 Å². The number of benzene rings is 1. The quantitative estimate of drug-likeness (QED) is 0.721. The van der Waals surface area contributed by atoms with E-state index in [1.165, 1.54) is 5.56 Å². The Morgan fingerprint density at radius 3 is 2.21 bits per heavy atom. The van der Waals surface area contributed by atoms with Crippen molar-refractivity contribution in [3.8, 4) is 0 Å². The minimum atomic E-state index is 0.241. The van der Waals surface area contributed by atoms with Crippen molar-refractivity contribution in [1.29, 1.82) is 0 Å². The van der Waals surface area contributed by atoms with E-state index >= 15 is 0 Å². The molecule has 0 aliphatic carbocycles. The maximum Gasteiger partial charge on any atom is 0.0458 e. The van der Waals surface area contributed by atoms with Crippen LogP contribution in [0.3, 0.4) is 0 Å². The minimum absolute atomic E-state index is 0.241. The summed E-state index contributed by atoms with van der Waals surface area (Å²) in [6.45, 7) is 7.19. The second-order valence-electron chi connectivity index (χ2n) is 4.27. The van der Waals surface area contributed by atoms with Crippen LogP contribution < -0.4 is 5.48 Å². The first-order valence-electron chi connectivity index (χ1n) is 5.06. The van der Waals surface area contributed by atoms with Gasteiger partial charge in [0.2, 0.25) is 0 Å². The molecule has 2 heteroatoms. The molecular formula is C12H19NO. The summed E-state index contributed by atoms with van der Waals surface area (Å²) in [5, 5.41) is 8.55. The fraction of sp³-hybridized carbons (Fsp3) is 0.500. The molecule has 0 saturated heterocycles. The highest BCUT2D eigenvalue weighted by atomic mass is 16.5. The average Bonchev–Trinajstić information content (AvgIpc) is 2.19. The van der Waals surface area contributed by atoms with Crippen LogP contribution in [0.5, 0.6) is 0 Å². The molecule has 0 aliphatic heterocycles. The SMILES string of the molecule is CCC(C)(C)c1ccc(CNO)cc1. The summed E-state index contributed by atoms with van der Waals surface area (Å²) in [5.41, 5.74) is 4.85. The number of nitrogens with one attached hydrogen (secondary N) is 1. The first kappa shape index (κ1) is 11.2. The molecule has 0 bridgehead atoms. The van der Waals surface area contributed by atoms with Gasteiger partial charge in [-0.15, -0.1) is 0 Å². The normalized spacial score (nSPS) is 11.7. The minimum Gasteiger partial charge on any atom is -0.316 e. The van der Waals surface area contributed by atoms with Crippen molar-refractivity contribution in [1.82, 2.24) is 5.48 Å². The van der Waals surface area contributed by atoms with Crippen LogP contribution in [0.25, 0.3) is 0 Å². The van der Waals surface area contributed by atoms with E-state index in [1.807, 2.05) is 0 Å². The maximum absolute atomic E-state index is 8.55. The smallest absolute Gasteiger partial charge is 0.0458 e. The predicted molar refractivity (Wildman–Crippen MR) is 58.4 cm³/mol. The Bertz CT molecular complexity index is 277. The predicted octanol–water partition coefficient (Wildman–Crippen LogP) is 2.85. The maximum atomic E-state index is 8.55. The molecule has 0 heterocycles. The van der Waals surface area contributed by atoms with Gasteiger partial charge in [-0.05, 0) is 23.0 Å². The van der Waals surface area contributed by atoms with Gasteiger partial charge >= 0.3 is 0 Å². The molecule has 2 N–H and O–H groups in total. The third-order valence-electron chi connectivity index (χ3n) is 2.90. The van der Waals surface area contributed by atoms with Gasteiger partial charge < -0.3 is 5.21 Å². The summed E-state index contributed by atoms with van der Waals surface area (Å²) >= 11 is 0. The number of hydroxylamine groups is 1. The molecule has 0 atom stereocenters. The van der Waals surface area contributed by atoms with Gasteiger partial charge in [-0.1, -0.05) is 45.0 Å². The standard InChI is InChI=1S/C12H19NO/c1-4-12(2,3)11-7-5-10(6-8-11)9-13-14/h5-8,13-14H,4,9H2,1-3H3. The molecule has 14 heavy (non-hydrogen) atoms. The van der Waals surface area contributed by atoms with Crippen molar-refractivity contribution in [2.45, 2.75) is 39.2 Å². The van der Waals surface area contributed by atoms with E-state index in [-0.39, 0.29) is 5.41 Å². The molecule has 0 amide bonds. The summed E-state index contributed by atoms with van der Waals surface area (Å²) in [7, 11) is 0. The summed E-state index contributed by atoms with van der Waals surface area (Å²) in [6, 6.07) is 8.37. The highest BCUT2D eigenvalue weighted by molar-refractivity contribution is 5.27.